The van der Waals surface area contributed by atoms with Crippen molar-refractivity contribution in [3.8, 4) is 22.9 Å². The molecule has 0 bridgehead atoms. The van der Waals surface area contributed by atoms with Gasteiger partial charge in [0, 0.05) is 5.56 Å². The summed E-state index contributed by atoms with van der Waals surface area (Å²) in [5.41, 5.74) is -0.956. The van der Waals surface area contributed by atoms with Gasteiger partial charge < -0.3 is 9.26 Å². The molecule has 4 nitrogen and oxygen atoms in total. The number of benzene rings is 2. The number of rotatable bonds is 3. The Morgan fingerprint density at radius 1 is 0.889 bits per heavy atom. The first-order valence-electron chi connectivity index (χ1n) is 7.10. The second kappa shape index (κ2) is 6.76. The molecule has 0 aliphatic heterocycles. The third-order valence-corrected chi connectivity index (χ3v) is 3.57. The van der Waals surface area contributed by atoms with Crippen molar-refractivity contribution >= 4 is 11.6 Å². The van der Waals surface area contributed by atoms with Crippen LogP contribution in [0.25, 0.3) is 11.4 Å². The molecule has 0 N–H and O–H groups in total. The average Bonchev–Trinajstić information content (AvgIpc) is 3.06. The maximum atomic E-state index is 12.9. The second-order valence-corrected chi connectivity index (χ2v) is 5.60. The number of hydrogen-bond donors (Lipinski definition) is 0. The summed E-state index contributed by atoms with van der Waals surface area (Å²) in [6.45, 7) is 0. The first-order valence-corrected chi connectivity index (χ1v) is 7.48. The van der Waals surface area contributed by atoms with Crippen LogP contribution in [0.5, 0.6) is 11.5 Å². The van der Waals surface area contributed by atoms with Crippen LogP contribution in [-0.4, -0.2) is 10.1 Å². The van der Waals surface area contributed by atoms with Gasteiger partial charge in [-0.1, -0.05) is 28.9 Å². The van der Waals surface area contributed by atoms with Crippen molar-refractivity contribution in [2.75, 3.05) is 0 Å². The molecule has 0 fully saturated rings. The maximum Gasteiger partial charge on any atom is 0.471 e. The molecule has 0 radical (unpaired) electrons. The number of aromatic nitrogens is 2. The van der Waals surface area contributed by atoms with E-state index >= 15 is 0 Å². The van der Waals surface area contributed by atoms with E-state index in [0.29, 0.717) is 6.07 Å². The normalized spacial score (nSPS) is 12.3. The highest BCUT2D eigenvalue weighted by Crippen LogP contribution is 2.38. The molecule has 0 unspecified atom stereocenters. The predicted octanol–water partition coefficient (Wildman–Crippen LogP) is 6.22. The Balaban J connectivity index is 1.88. The van der Waals surface area contributed by atoms with Crippen LogP contribution in [-0.2, 0) is 12.4 Å². The summed E-state index contributed by atoms with van der Waals surface area (Å²) in [7, 11) is 0. The average molecular weight is 409 g/mol. The largest absolute Gasteiger partial charge is 0.471 e. The van der Waals surface area contributed by atoms with Gasteiger partial charge in [0.05, 0.1) is 10.6 Å². The van der Waals surface area contributed by atoms with E-state index in [2.05, 4.69) is 14.7 Å². The van der Waals surface area contributed by atoms with E-state index < -0.39 is 28.8 Å². The van der Waals surface area contributed by atoms with E-state index in [4.69, 9.17) is 16.3 Å². The van der Waals surface area contributed by atoms with E-state index in [-0.39, 0.29) is 22.9 Å². The third-order valence-electron chi connectivity index (χ3n) is 3.24. The molecule has 0 saturated carbocycles. The van der Waals surface area contributed by atoms with Crippen molar-refractivity contribution in [3.05, 3.63) is 58.9 Å². The minimum absolute atomic E-state index is 0.0568. The first kappa shape index (κ1) is 19.0. The van der Waals surface area contributed by atoms with Crippen LogP contribution >= 0.6 is 11.6 Å². The van der Waals surface area contributed by atoms with E-state index in [1.54, 1.807) is 0 Å². The number of alkyl halides is 6. The van der Waals surface area contributed by atoms with E-state index in [0.717, 1.165) is 6.07 Å². The highest BCUT2D eigenvalue weighted by Gasteiger charge is 2.38. The molecule has 1 heterocycles. The van der Waals surface area contributed by atoms with E-state index in [1.165, 1.54) is 30.3 Å². The monoisotopic (exact) mass is 408 g/mol. The lowest BCUT2D eigenvalue weighted by Gasteiger charge is -2.12. The fourth-order valence-electron chi connectivity index (χ4n) is 2.08. The molecule has 0 amide bonds. The quantitative estimate of drug-likeness (QED) is 0.483. The molecule has 0 atom stereocenters. The smallest absolute Gasteiger partial charge is 0.457 e. The number of hydrogen-bond acceptors (Lipinski definition) is 4. The van der Waals surface area contributed by atoms with Crippen LogP contribution in [0.4, 0.5) is 26.3 Å². The topological polar surface area (TPSA) is 48.2 Å². The lowest BCUT2D eigenvalue weighted by atomic mass is 10.2. The van der Waals surface area contributed by atoms with Crippen molar-refractivity contribution < 1.29 is 35.6 Å². The van der Waals surface area contributed by atoms with Crippen LogP contribution in [0.3, 0.4) is 0 Å². The minimum Gasteiger partial charge on any atom is -0.457 e. The van der Waals surface area contributed by atoms with Gasteiger partial charge >= 0.3 is 18.2 Å². The molecule has 0 spiro atoms. The van der Waals surface area contributed by atoms with E-state index in [9.17, 15) is 26.3 Å². The lowest BCUT2D eigenvalue weighted by Crippen LogP contribution is -2.05. The van der Waals surface area contributed by atoms with Crippen LogP contribution in [0.2, 0.25) is 5.02 Å². The van der Waals surface area contributed by atoms with Crippen molar-refractivity contribution in [1.82, 2.24) is 10.1 Å². The highest BCUT2D eigenvalue weighted by molar-refractivity contribution is 6.31. The summed E-state index contributed by atoms with van der Waals surface area (Å²) in [5.74, 6) is -1.97. The lowest BCUT2D eigenvalue weighted by molar-refractivity contribution is -0.159. The summed E-state index contributed by atoms with van der Waals surface area (Å²) >= 11 is 5.53. The Hall–Kier alpha value is -2.75. The Bertz CT molecular complexity index is 968. The molecule has 0 aliphatic carbocycles. The van der Waals surface area contributed by atoms with Gasteiger partial charge in [-0.25, -0.2) is 0 Å². The minimum atomic E-state index is -4.79. The second-order valence-electron chi connectivity index (χ2n) is 5.19. The molecule has 0 aliphatic rings. The SMILES string of the molecule is FC(F)(F)c1nc(-c2cccc(Oc3ccc(Cl)c(C(F)(F)F)c3)c2)no1. The highest BCUT2D eigenvalue weighted by atomic mass is 35.5. The summed E-state index contributed by atoms with van der Waals surface area (Å²) < 4.78 is 85.7. The molecule has 11 heteroatoms. The molecule has 0 saturated heterocycles. The van der Waals surface area contributed by atoms with Crippen molar-refractivity contribution in [2.45, 2.75) is 12.4 Å². The molecule has 2 aromatic carbocycles. The third kappa shape index (κ3) is 4.33. The van der Waals surface area contributed by atoms with Gasteiger partial charge in [-0.3, -0.25) is 0 Å². The van der Waals surface area contributed by atoms with Gasteiger partial charge in [-0.05, 0) is 30.3 Å². The zero-order chi connectivity index (χ0) is 19.8. The molecule has 1 aromatic heterocycles. The first-order chi connectivity index (χ1) is 12.5. The fraction of sp³-hybridized carbons (Fsp3) is 0.125. The Morgan fingerprint density at radius 2 is 1.59 bits per heavy atom. The van der Waals surface area contributed by atoms with Gasteiger partial charge in [0.15, 0.2) is 0 Å². The molecular weight excluding hydrogens is 402 g/mol. The van der Waals surface area contributed by atoms with Crippen molar-refractivity contribution in [3.63, 3.8) is 0 Å². The summed E-state index contributed by atoms with van der Waals surface area (Å²) in [6.07, 6.45) is -9.46. The molecule has 142 valence electrons. The fourth-order valence-corrected chi connectivity index (χ4v) is 2.30. The zero-order valence-corrected chi connectivity index (χ0v) is 13.7. The Morgan fingerprint density at radius 3 is 2.22 bits per heavy atom. The number of ether oxygens (including phenoxy) is 1. The van der Waals surface area contributed by atoms with Crippen LogP contribution in [0, 0.1) is 0 Å². The summed E-state index contributed by atoms with van der Waals surface area (Å²) in [6, 6.07) is 8.42. The van der Waals surface area contributed by atoms with Crippen molar-refractivity contribution in [2.24, 2.45) is 0 Å². The van der Waals surface area contributed by atoms with Crippen LogP contribution in [0.15, 0.2) is 47.0 Å². The predicted molar refractivity (Wildman–Crippen MR) is 81.3 cm³/mol. The molecule has 27 heavy (non-hydrogen) atoms. The molecule has 3 rings (SSSR count). The van der Waals surface area contributed by atoms with Gasteiger partial charge in [-0.2, -0.15) is 31.3 Å². The van der Waals surface area contributed by atoms with Gasteiger partial charge in [0.2, 0.25) is 5.82 Å². The summed E-state index contributed by atoms with van der Waals surface area (Å²) in [4.78, 5) is 3.23. The van der Waals surface area contributed by atoms with Gasteiger partial charge in [0.1, 0.15) is 11.5 Å². The zero-order valence-electron chi connectivity index (χ0n) is 12.9. The number of halogens is 7. The molecular formula is C16H7ClF6N2O2. The number of nitrogens with zero attached hydrogens (tertiary/aromatic N) is 2. The van der Waals surface area contributed by atoms with Crippen molar-refractivity contribution in [1.29, 1.82) is 0 Å². The van der Waals surface area contributed by atoms with Crippen LogP contribution < -0.4 is 4.74 Å². The Labute approximate surface area is 152 Å². The summed E-state index contributed by atoms with van der Waals surface area (Å²) in [5, 5.41) is 2.74. The maximum absolute atomic E-state index is 12.9. The van der Waals surface area contributed by atoms with Gasteiger partial charge in [0.25, 0.3) is 0 Å². The van der Waals surface area contributed by atoms with Crippen LogP contribution in [0.1, 0.15) is 11.5 Å². The standard InChI is InChI=1S/C16H7ClF6N2O2/c17-12-5-4-10(7-11(12)15(18,19)20)26-9-3-1-2-8(6-9)13-24-14(27-25-13)16(21,22)23/h1-7H. The molecule has 3 aromatic rings. The van der Waals surface area contributed by atoms with Gasteiger partial charge in [-0.15, -0.1) is 0 Å². The Kier molecular flexibility index (Phi) is 4.77. The van der Waals surface area contributed by atoms with E-state index in [1.807, 2.05) is 0 Å².